The molecular formula is C22H24N4O2. The number of nitrogens with zero attached hydrogens (tertiary/aromatic N) is 2. The Morgan fingerprint density at radius 2 is 1.79 bits per heavy atom. The summed E-state index contributed by atoms with van der Waals surface area (Å²) in [5.41, 5.74) is 3.04. The van der Waals surface area contributed by atoms with E-state index in [-0.39, 0.29) is 5.91 Å². The van der Waals surface area contributed by atoms with Crippen molar-refractivity contribution in [1.29, 1.82) is 0 Å². The Balaban J connectivity index is 1.57. The van der Waals surface area contributed by atoms with Gasteiger partial charge >= 0.3 is 0 Å². The number of aryl methyl sites for hydroxylation is 2. The van der Waals surface area contributed by atoms with Gasteiger partial charge in [0.05, 0.1) is 7.11 Å². The highest BCUT2D eigenvalue weighted by atomic mass is 16.5. The van der Waals surface area contributed by atoms with E-state index in [2.05, 4.69) is 32.7 Å². The zero-order valence-corrected chi connectivity index (χ0v) is 16.1. The van der Waals surface area contributed by atoms with E-state index in [4.69, 9.17) is 4.74 Å². The Hall–Kier alpha value is -3.41. The summed E-state index contributed by atoms with van der Waals surface area (Å²) in [7, 11) is 1.60. The lowest BCUT2D eigenvalue weighted by Gasteiger charge is -2.09. The summed E-state index contributed by atoms with van der Waals surface area (Å²) < 4.78 is 5.12. The summed E-state index contributed by atoms with van der Waals surface area (Å²) in [5.74, 6) is 0.925. The highest BCUT2D eigenvalue weighted by Gasteiger charge is 2.11. The Morgan fingerprint density at radius 1 is 1.04 bits per heavy atom. The second kappa shape index (κ2) is 9.50. The van der Waals surface area contributed by atoms with Gasteiger partial charge in [0.25, 0.3) is 5.91 Å². The molecule has 0 aliphatic carbocycles. The topological polar surface area (TPSA) is 76.1 Å². The molecule has 6 heteroatoms. The predicted octanol–water partition coefficient (Wildman–Crippen LogP) is 4.09. The van der Waals surface area contributed by atoms with Crippen molar-refractivity contribution in [3.63, 3.8) is 0 Å². The number of carbonyl (C=O) groups is 1. The number of amides is 1. The third-order valence-electron chi connectivity index (χ3n) is 4.20. The van der Waals surface area contributed by atoms with Crippen molar-refractivity contribution in [2.75, 3.05) is 24.3 Å². The van der Waals surface area contributed by atoms with Crippen LogP contribution in [0.3, 0.4) is 0 Å². The number of hydrogen-bond donors (Lipinski definition) is 2. The first-order valence-corrected chi connectivity index (χ1v) is 9.23. The molecule has 1 aromatic heterocycles. The summed E-state index contributed by atoms with van der Waals surface area (Å²) in [6, 6.07) is 19.2. The van der Waals surface area contributed by atoms with Gasteiger partial charge in [-0.25, -0.2) is 9.97 Å². The van der Waals surface area contributed by atoms with Crippen molar-refractivity contribution < 1.29 is 9.53 Å². The summed E-state index contributed by atoms with van der Waals surface area (Å²) in [6.45, 7) is 2.58. The smallest absolute Gasteiger partial charge is 0.274 e. The van der Waals surface area contributed by atoms with Gasteiger partial charge in [0.1, 0.15) is 11.4 Å². The highest BCUT2D eigenvalue weighted by Crippen LogP contribution is 2.16. The third-order valence-corrected chi connectivity index (χ3v) is 4.20. The number of aromatic nitrogens is 2. The molecule has 3 rings (SSSR count). The van der Waals surface area contributed by atoms with Crippen molar-refractivity contribution in [1.82, 2.24) is 9.97 Å². The van der Waals surface area contributed by atoms with Gasteiger partial charge in [-0.1, -0.05) is 30.3 Å². The number of benzene rings is 2. The Morgan fingerprint density at radius 3 is 2.50 bits per heavy atom. The van der Waals surface area contributed by atoms with Crippen LogP contribution in [0.25, 0.3) is 0 Å². The number of ether oxygens (including phenoxy) is 1. The minimum Gasteiger partial charge on any atom is -0.497 e. The first-order chi connectivity index (χ1) is 13.6. The molecule has 6 nitrogen and oxygen atoms in total. The lowest BCUT2D eigenvalue weighted by molar-refractivity contribution is 0.102. The second-order valence-electron chi connectivity index (χ2n) is 6.42. The monoisotopic (exact) mass is 376 g/mol. The quantitative estimate of drug-likeness (QED) is 0.579. The molecule has 144 valence electrons. The average Bonchev–Trinajstić information content (AvgIpc) is 2.72. The SMILES string of the molecule is COc1ccc(NC(=O)c2cc(C)nc(NCCCc3ccccc3)n2)cc1. The molecule has 1 heterocycles. The lowest BCUT2D eigenvalue weighted by atomic mass is 10.1. The van der Waals surface area contributed by atoms with Crippen LogP contribution in [-0.4, -0.2) is 29.5 Å². The van der Waals surface area contributed by atoms with Gasteiger partial charge < -0.3 is 15.4 Å². The molecular weight excluding hydrogens is 352 g/mol. The number of anilines is 2. The van der Waals surface area contributed by atoms with E-state index in [9.17, 15) is 4.79 Å². The molecule has 2 N–H and O–H groups in total. The van der Waals surface area contributed by atoms with Crippen LogP contribution in [0.4, 0.5) is 11.6 Å². The number of carbonyl (C=O) groups excluding carboxylic acids is 1. The fraction of sp³-hybridized carbons (Fsp3) is 0.227. The molecule has 0 radical (unpaired) electrons. The molecule has 0 saturated carbocycles. The Labute approximate surface area is 165 Å². The second-order valence-corrected chi connectivity index (χ2v) is 6.42. The fourth-order valence-electron chi connectivity index (χ4n) is 2.77. The third kappa shape index (κ3) is 5.54. The van der Waals surface area contributed by atoms with Crippen molar-refractivity contribution in [3.8, 4) is 5.75 Å². The largest absolute Gasteiger partial charge is 0.497 e. The van der Waals surface area contributed by atoms with Gasteiger partial charge in [-0.2, -0.15) is 0 Å². The van der Waals surface area contributed by atoms with Gasteiger partial charge in [-0.3, -0.25) is 4.79 Å². The van der Waals surface area contributed by atoms with Crippen molar-refractivity contribution in [2.45, 2.75) is 19.8 Å². The first-order valence-electron chi connectivity index (χ1n) is 9.23. The molecule has 0 fully saturated rings. The van der Waals surface area contributed by atoms with Gasteiger partial charge in [0, 0.05) is 17.9 Å². The zero-order valence-electron chi connectivity index (χ0n) is 16.1. The molecule has 0 aliphatic rings. The summed E-state index contributed by atoms with van der Waals surface area (Å²) >= 11 is 0. The van der Waals surface area contributed by atoms with E-state index in [0.717, 1.165) is 30.8 Å². The Kier molecular flexibility index (Phi) is 6.57. The minimum absolute atomic E-state index is 0.275. The average molecular weight is 376 g/mol. The highest BCUT2D eigenvalue weighted by molar-refractivity contribution is 6.03. The molecule has 0 saturated heterocycles. The van der Waals surface area contributed by atoms with Gasteiger partial charge in [-0.15, -0.1) is 0 Å². The predicted molar refractivity (Wildman–Crippen MR) is 111 cm³/mol. The van der Waals surface area contributed by atoms with Gasteiger partial charge in [0.15, 0.2) is 0 Å². The number of rotatable bonds is 8. The zero-order chi connectivity index (χ0) is 19.8. The van der Waals surface area contributed by atoms with E-state index in [0.29, 0.717) is 17.3 Å². The molecule has 0 bridgehead atoms. The van der Waals surface area contributed by atoms with Crippen LogP contribution in [0.5, 0.6) is 5.75 Å². The van der Waals surface area contributed by atoms with Gasteiger partial charge in [0.2, 0.25) is 5.95 Å². The maximum Gasteiger partial charge on any atom is 0.274 e. The van der Waals surface area contributed by atoms with Crippen LogP contribution in [0.15, 0.2) is 60.7 Å². The van der Waals surface area contributed by atoms with Crippen LogP contribution in [0, 0.1) is 6.92 Å². The standard InChI is InChI=1S/C22H24N4O2/c1-16-15-20(21(27)25-18-10-12-19(28-2)13-11-18)26-22(24-16)23-14-6-9-17-7-4-3-5-8-17/h3-5,7-8,10-13,15H,6,9,14H2,1-2H3,(H,25,27)(H,23,24,26). The first kappa shape index (κ1) is 19.4. The molecule has 1 amide bonds. The van der Waals surface area contributed by atoms with Crippen LogP contribution in [0.2, 0.25) is 0 Å². The van der Waals surface area contributed by atoms with Crippen LogP contribution < -0.4 is 15.4 Å². The molecule has 0 atom stereocenters. The molecule has 0 aliphatic heterocycles. The van der Waals surface area contributed by atoms with Crippen molar-refractivity contribution in [2.24, 2.45) is 0 Å². The number of hydrogen-bond acceptors (Lipinski definition) is 5. The molecule has 0 spiro atoms. The summed E-state index contributed by atoms with van der Waals surface area (Å²) in [5, 5.41) is 6.05. The summed E-state index contributed by atoms with van der Waals surface area (Å²) in [4.78, 5) is 21.2. The van der Waals surface area contributed by atoms with Crippen LogP contribution in [-0.2, 0) is 6.42 Å². The molecule has 0 unspecified atom stereocenters. The molecule has 28 heavy (non-hydrogen) atoms. The van der Waals surface area contributed by atoms with E-state index in [1.165, 1.54) is 5.56 Å². The van der Waals surface area contributed by atoms with Crippen molar-refractivity contribution >= 4 is 17.5 Å². The van der Waals surface area contributed by atoms with E-state index in [1.54, 1.807) is 37.4 Å². The maximum atomic E-state index is 12.5. The van der Waals surface area contributed by atoms with E-state index >= 15 is 0 Å². The molecule has 2 aromatic carbocycles. The number of nitrogens with one attached hydrogen (secondary N) is 2. The normalized spacial score (nSPS) is 10.4. The Bertz CT molecular complexity index is 912. The fourth-order valence-corrected chi connectivity index (χ4v) is 2.77. The molecule has 3 aromatic rings. The number of methoxy groups -OCH3 is 1. The van der Waals surface area contributed by atoms with Gasteiger partial charge in [-0.05, 0) is 55.7 Å². The van der Waals surface area contributed by atoms with Crippen molar-refractivity contribution in [3.05, 3.63) is 77.6 Å². The lowest BCUT2D eigenvalue weighted by Crippen LogP contribution is -2.16. The maximum absolute atomic E-state index is 12.5. The minimum atomic E-state index is -0.275. The van der Waals surface area contributed by atoms with Crippen LogP contribution in [0.1, 0.15) is 28.2 Å². The van der Waals surface area contributed by atoms with E-state index in [1.807, 2.05) is 25.1 Å². The van der Waals surface area contributed by atoms with Crippen LogP contribution >= 0.6 is 0 Å². The van der Waals surface area contributed by atoms with E-state index < -0.39 is 0 Å². The summed E-state index contributed by atoms with van der Waals surface area (Å²) in [6.07, 6.45) is 1.93.